The van der Waals surface area contributed by atoms with Crippen molar-refractivity contribution in [1.29, 1.82) is 0 Å². The highest BCUT2D eigenvalue weighted by Gasteiger charge is 2.29. The summed E-state index contributed by atoms with van der Waals surface area (Å²) < 4.78 is 5.36. The quantitative estimate of drug-likeness (QED) is 0.840. The Kier molecular flexibility index (Phi) is 5.27. The highest BCUT2D eigenvalue weighted by Crippen LogP contribution is 2.33. The van der Waals surface area contributed by atoms with Crippen molar-refractivity contribution in [3.8, 4) is 5.75 Å². The van der Waals surface area contributed by atoms with E-state index >= 15 is 0 Å². The topological polar surface area (TPSA) is 32.8 Å². The van der Waals surface area contributed by atoms with Gasteiger partial charge in [0.05, 0.1) is 13.2 Å². The smallest absolute Gasteiger partial charge is 0.254 e. The summed E-state index contributed by atoms with van der Waals surface area (Å²) in [5, 5.41) is 0. The van der Waals surface area contributed by atoms with Crippen LogP contribution in [0, 0.1) is 0 Å². The Labute approximate surface area is 150 Å². The van der Waals surface area contributed by atoms with Crippen LogP contribution in [0.2, 0.25) is 0 Å². The Hall–Kier alpha value is -2.49. The molecule has 0 aliphatic carbocycles. The second-order valence-corrected chi connectivity index (χ2v) is 6.73. The average molecular weight is 338 g/mol. The van der Waals surface area contributed by atoms with Crippen LogP contribution in [0.3, 0.4) is 0 Å². The molecule has 1 heterocycles. The van der Waals surface area contributed by atoms with Crippen LogP contribution in [0.4, 0.5) is 5.69 Å². The van der Waals surface area contributed by atoms with Gasteiger partial charge >= 0.3 is 0 Å². The molecule has 4 heteroatoms. The number of hydrogen-bond donors (Lipinski definition) is 0. The van der Waals surface area contributed by atoms with Crippen LogP contribution in [0.5, 0.6) is 5.75 Å². The summed E-state index contributed by atoms with van der Waals surface area (Å²) in [6, 6.07) is 16.0. The fraction of sp³-hybridized carbons (Fsp3) is 0.381. The molecule has 1 aliphatic rings. The Morgan fingerprint density at radius 2 is 1.92 bits per heavy atom. The summed E-state index contributed by atoms with van der Waals surface area (Å²) in [6.45, 7) is 0.799. The second kappa shape index (κ2) is 7.60. The maximum absolute atomic E-state index is 13.2. The van der Waals surface area contributed by atoms with E-state index in [0.29, 0.717) is 0 Å². The van der Waals surface area contributed by atoms with Crippen molar-refractivity contribution >= 4 is 11.6 Å². The van der Waals surface area contributed by atoms with Crippen LogP contribution in [0.1, 0.15) is 41.2 Å². The molecule has 0 radical (unpaired) electrons. The zero-order valence-corrected chi connectivity index (χ0v) is 15.2. The molecule has 1 amide bonds. The molecule has 1 fully saturated rings. The highest BCUT2D eigenvalue weighted by molar-refractivity contribution is 5.95. The monoisotopic (exact) mass is 338 g/mol. The number of carbonyl (C=O) groups excluding carboxylic acids is 1. The maximum atomic E-state index is 13.2. The first-order valence-corrected chi connectivity index (χ1v) is 8.82. The predicted molar refractivity (Wildman–Crippen MR) is 101 cm³/mol. The van der Waals surface area contributed by atoms with E-state index in [-0.39, 0.29) is 11.9 Å². The third kappa shape index (κ3) is 3.78. The summed E-state index contributed by atoms with van der Waals surface area (Å²) in [5.74, 6) is 0.946. The molecule has 0 aromatic heterocycles. The Bertz CT molecular complexity index is 742. The SMILES string of the molecule is COc1cccc(C2CCCCN2C(=O)c2cccc(N(C)C)c2)c1. The Morgan fingerprint density at radius 1 is 1.12 bits per heavy atom. The molecule has 4 nitrogen and oxygen atoms in total. The number of methoxy groups -OCH3 is 1. The zero-order valence-electron chi connectivity index (χ0n) is 15.2. The van der Waals surface area contributed by atoms with Crippen LogP contribution in [-0.2, 0) is 0 Å². The molecular weight excluding hydrogens is 312 g/mol. The molecule has 3 rings (SSSR count). The van der Waals surface area contributed by atoms with Crippen LogP contribution in [-0.4, -0.2) is 38.6 Å². The Morgan fingerprint density at radius 3 is 2.68 bits per heavy atom. The number of anilines is 1. The number of benzene rings is 2. The lowest BCUT2D eigenvalue weighted by atomic mass is 9.94. The van der Waals surface area contributed by atoms with Crippen molar-refractivity contribution in [2.24, 2.45) is 0 Å². The number of ether oxygens (including phenoxy) is 1. The first-order valence-electron chi connectivity index (χ1n) is 8.82. The van der Waals surface area contributed by atoms with E-state index in [0.717, 1.165) is 48.4 Å². The molecular formula is C21H26N2O2. The van der Waals surface area contributed by atoms with Crippen LogP contribution < -0.4 is 9.64 Å². The van der Waals surface area contributed by atoms with Crippen molar-refractivity contribution in [2.75, 3.05) is 32.6 Å². The van der Waals surface area contributed by atoms with Gasteiger partial charge in [0.15, 0.2) is 0 Å². The highest BCUT2D eigenvalue weighted by atomic mass is 16.5. The minimum Gasteiger partial charge on any atom is -0.497 e. The molecule has 1 saturated heterocycles. The van der Waals surface area contributed by atoms with Gasteiger partial charge in [-0.25, -0.2) is 0 Å². The van der Waals surface area contributed by atoms with Crippen LogP contribution in [0.25, 0.3) is 0 Å². The summed E-state index contributed by atoms with van der Waals surface area (Å²) in [5.41, 5.74) is 2.94. The summed E-state index contributed by atoms with van der Waals surface area (Å²) in [7, 11) is 5.66. The van der Waals surface area contributed by atoms with Crippen molar-refractivity contribution in [3.63, 3.8) is 0 Å². The second-order valence-electron chi connectivity index (χ2n) is 6.73. The van der Waals surface area contributed by atoms with Crippen LogP contribution >= 0.6 is 0 Å². The summed E-state index contributed by atoms with van der Waals surface area (Å²) in [6.07, 6.45) is 3.19. The summed E-state index contributed by atoms with van der Waals surface area (Å²) >= 11 is 0. The molecule has 25 heavy (non-hydrogen) atoms. The van der Waals surface area contributed by atoms with Crippen molar-refractivity contribution < 1.29 is 9.53 Å². The number of piperidine rings is 1. The van der Waals surface area contributed by atoms with Crippen LogP contribution in [0.15, 0.2) is 48.5 Å². The summed E-state index contributed by atoms with van der Waals surface area (Å²) in [4.78, 5) is 17.2. The minimum absolute atomic E-state index is 0.108. The van der Waals surface area contributed by atoms with E-state index < -0.39 is 0 Å². The molecule has 2 aromatic carbocycles. The van der Waals surface area contributed by atoms with Crippen molar-refractivity contribution in [1.82, 2.24) is 4.90 Å². The number of likely N-dealkylation sites (tertiary alicyclic amines) is 1. The van der Waals surface area contributed by atoms with Crippen molar-refractivity contribution in [3.05, 3.63) is 59.7 Å². The molecule has 1 unspecified atom stereocenters. The first-order chi connectivity index (χ1) is 12.1. The molecule has 0 N–H and O–H groups in total. The van der Waals surface area contributed by atoms with E-state index in [1.807, 2.05) is 66.4 Å². The van der Waals surface area contributed by atoms with Gasteiger partial charge in [-0.1, -0.05) is 18.2 Å². The van der Waals surface area contributed by atoms with E-state index in [4.69, 9.17) is 4.74 Å². The minimum atomic E-state index is 0.108. The lowest BCUT2D eigenvalue weighted by Crippen LogP contribution is -2.38. The molecule has 0 spiro atoms. The third-order valence-electron chi connectivity index (χ3n) is 4.85. The maximum Gasteiger partial charge on any atom is 0.254 e. The van der Waals surface area contributed by atoms with Gasteiger partial charge in [-0.2, -0.15) is 0 Å². The standard InChI is InChI=1S/C21H26N2O2/c1-22(2)18-10-6-9-17(14-18)21(24)23-13-5-4-12-20(23)16-8-7-11-19(15-16)25-3/h6-11,14-15,20H,4-5,12-13H2,1-3H3. The molecule has 1 aliphatic heterocycles. The molecule has 1 atom stereocenters. The third-order valence-corrected chi connectivity index (χ3v) is 4.85. The predicted octanol–water partition coefficient (Wildman–Crippen LogP) is 4.13. The van der Waals surface area contributed by atoms with Gasteiger partial charge in [-0.3, -0.25) is 4.79 Å². The number of hydrogen-bond acceptors (Lipinski definition) is 3. The normalized spacial score (nSPS) is 17.2. The van der Waals surface area contributed by atoms with Gasteiger partial charge in [0, 0.05) is 31.9 Å². The Balaban J connectivity index is 1.90. The van der Waals surface area contributed by atoms with Gasteiger partial charge in [0.2, 0.25) is 0 Å². The van der Waals surface area contributed by atoms with Gasteiger partial charge in [-0.15, -0.1) is 0 Å². The van der Waals surface area contributed by atoms with E-state index in [2.05, 4.69) is 6.07 Å². The van der Waals surface area contributed by atoms with Crippen molar-refractivity contribution in [2.45, 2.75) is 25.3 Å². The number of rotatable bonds is 4. The lowest BCUT2D eigenvalue weighted by Gasteiger charge is -2.36. The zero-order chi connectivity index (χ0) is 17.8. The molecule has 0 saturated carbocycles. The molecule has 0 bridgehead atoms. The van der Waals surface area contributed by atoms with E-state index in [9.17, 15) is 4.79 Å². The number of carbonyl (C=O) groups is 1. The van der Waals surface area contributed by atoms with Gasteiger partial charge in [0.25, 0.3) is 5.91 Å². The molecule has 132 valence electrons. The number of amides is 1. The largest absolute Gasteiger partial charge is 0.497 e. The first kappa shape index (κ1) is 17.3. The lowest BCUT2D eigenvalue weighted by molar-refractivity contribution is 0.0611. The number of nitrogens with zero attached hydrogens (tertiary/aromatic N) is 2. The fourth-order valence-corrected chi connectivity index (χ4v) is 3.45. The molecule has 2 aromatic rings. The van der Waals surface area contributed by atoms with E-state index in [1.165, 1.54) is 0 Å². The van der Waals surface area contributed by atoms with Gasteiger partial charge < -0.3 is 14.5 Å². The van der Waals surface area contributed by atoms with Gasteiger partial charge in [-0.05, 0) is 55.2 Å². The average Bonchev–Trinajstić information content (AvgIpc) is 2.67. The fourth-order valence-electron chi connectivity index (χ4n) is 3.45. The van der Waals surface area contributed by atoms with Gasteiger partial charge in [0.1, 0.15) is 5.75 Å². The van der Waals surface area contributed by atoms with E-state index in [1.54, 1.807) is 7.11 Å².